The van der Waals surface area contributed by atoms with Crippen LogP contribution in [0.2, 0.25) is 0 Å². The lowest BCUT2D eigenvalue weighted by Gasteiger charge is -2.24. The van der Waals surface area contributed by atoms with Crippen LogP contribution in [0.4, 0.5) is 0 Å². The van der Waals surface area contributed by atoms with Crippen molar-refractivity contribution in [2.24, 2.45) is 22.2 Å². The minimum atomic E-state index is -1.41. The molecule has 1 aromatic heterocycles. The molecule has 0 radical (unpaired) electrons. The third-order valence-electron chi connectivity index (χ3n) is 5.62. The summed E-state index contributed by atoms with van der Waals surface area (Å²) in [5.41, 5.74) is 17.7. The highest BCUT2D eigenvalue weighted by molar-refractivity contribution is 5.94. The number of aliphatic hydroxyl groups is 1. The number of guanidine groups is 1. The smallest absolute Gasteiger partial charge is 0.326 e. The summed E-state index contributed by atoms with van der Waals surface area (Å²) in [6.45, 7) is -0.594. The number of benzene rings is 1. The lowest BCUT2D eigenvalue weighted by atomic mass is 10.0. The highest BCUT2D eigenvalue weighted by Gasteiger charge is 2.30. The average molecular weight is 546 g/mol. The van der Waals surface area contributed by atoms with Gasteiger partial charge in [0.25, 0.3) is 0 Å². The maximum atomic E-state index is 13.1. The Balaban J connectivity index is 2.09. The van der Waals surface area contributed by atoms with E-state index in [1.54, 1.807) is 30.3 Å². The number of aliphatic imine (C=N–C) groups is 1. The van der Waals surface area contributed by atoms with Crippen molar-refractivity contribution in [2.45, 2.75) is 49.9 Å². The Bertz CT molecular complexity index is 1110. The quantitative estimate of drug-likeness (QED) is 0.0590. The van der Waals surface area contributed by atoms with E-state index in [0.717, 1.165) is 0 Å². The van der Waals surface area contributed by atoms with E-state index in [2.05, 4.69) is 30.9 Å². The number of imidazole rings is 1. The van der Waals surface area contributed by atoms with Crippen LogP contribution < -0.4 is 33.2 Å². The number of hydrogen-bond donors (Lipinski definition) is 9. The summed E-state index contributed by atoms with van der Waals surface area (Å²) in [5, 5.41) is 26.6. The van der Waals surface area contributed by atoms with E-state index in [4.69, 9.17) is 17.2 Å². The average Bonchev–Trinajstić information content (AvgIpc) is 3.41. The zero-order valence-corrected chi connectivity index (χ0v) is 21.2. The predicted octanol–water partition coefficient (Wildman–Crippen LogP) is -2.89. The van der Waals surface area contributed by atoms with Crippen LogP contribution in [-0.2, 0) is 32.0 Å². The second-order valence-corrected chi connectivity index (χ2v) is 8.73. The first-order valence-corrected chi connectivity index (χ1v) is 12.2. The molecule has 0 aliphatic heterocycles. The first-order chi connectivity index (χ1) is 18.6. The number of hydrogen-bond acceptors (Lipinski definition) is 8. The van der Waals surface area contributed by atoms with Gasteiger partial charge in [-0.1, -0.05) is 30.3 Å². The SMILES string of the molecule is NC(N)=NCCCC(NC(=O)C(Cc1ccccc1)NC(=O)C(CO)NC(=O)C(N)Cc1cnc[nH]1)C(=O)O. The number of carbonyl (C=O) groups is 4. The van der Waals surface area contributed by atoms with Gasteiger partial charge in [-0.3, -0.25) is 19.4 Å². The number of nitrogens with one attached hydrogen (secondary N) is 4. The number of carbonyl (C=O) groups excluding carboxylic acids is 3. The first kappa shape index (κ1) is 30.7. The van der Waals surface area contributed by atoms with Crippen molar-refractivity contribution in [3.8, 4) is 0 Å². The van der Waals surface area contributed by atoms with Gasteiger partial charge in [0.2, 0.25) is 17.7 Å². The third kappa shape index (κ3) is 10.8. The molecule has 0 bridgehead atoms. The van der Waals surface area contributed by atoms with Gasteiger partial charge in [0.05, 0.1) is 19.0 Å². The molecule has 212 valence electrons. The van der Waals surface area contributed by atoms with Crippen LogP contribution in [0, 0.1) is 0 Å². The van der Waals surface area contributed by atoms with Crippen molar-refractivity contribution in [3.05, 3.63) is 54.1 Å². The number of H-pyrrole nitrogens is 1. The van der Waals surface area contributed by atoms with Crippen LogP contribution in [0.25, 0.3) is 0 Å². The van der Waals surface area contributed by atoms with Gasteiger partial charge in [-0.2, -0.15) is 0 Å². The molecule has 1 heterocycles. The topological polar surface area (TPSA) is 264 Å². The molecular weight excluding hydrogens is 510 g/mol. The largest absolute Gasteiger partial charge is 0.480 e. The normalized spacial score (nSPS) is 13.8. The molecule has 4 unspecified atom stereocenters. The van der Waals surface area contributed by atoms with Crippen LogP contribution in [0.3, 0.4) is 0 Å². The Morgan fingerprint density at radius 1 is 0.949 bits per heavy atom. The molecule has 0 aliphatic rings. The molecule has 4 atom stereocenters. The van der Waals surface area contributed by atoms with Crippen LogP contribution >= 0.6 is 0 Å². The van der Waals surface area contributed by atoms with Crippen molar-refractivity contribution < 1.29 is 29.4 Å². The highest BCUT2D eigenvalue weighted by Crippen LogP contribution is 2.06. The second kappa shape index (κ2) is 15.7. The Hall–Kier alpha value is -4.50. The summed E-state index contributed by atoms with van der Waals surface area (Å²) in [7, 11) is 0. The number of aromatic nitrogens is 2. The summed E-state index contributed by atoms with van der Waals surface area (Å²) in [4.78, 5) is 60.8. The molecule has 0 saturated carbocycles. The molecule has 15 nitrogen and oxygen atoms in total. The Kier molecular flexibility index (Phi) is 12.4. The zero-order valence-electron chi connectivity index (χ0n) is 21.2. The molecule has 2 aromatic rings. The van der Waals surface area contributed by atoms with E-state index in [0.29, 0.717) is 11.3 Å². The summed E-state index contributed by atoms with van der Waals surface area (Å²) >= 11 is 0. The molecule has 0 saturated heterocycles. The monoisotopic (exact) mass is 545 g/mol. The number of nitrogens with zero attached hydrogens (tertiary/aromatic N) is 2. The molecule has 3 amide bonds. The van der Waals surface area contributed by atoms with Crippen molar-refractivity contribution >= 4 is 29.7 Å². The molecule has 1 aromatic carbocycles. The Labute approximate surface area is 224 Å². The lowest BCUT2D eigenvalue weighted by Crippen LogP contribution is -2.58. The fourth-order valence-corrected chi connectivity index (χ4v) is 3.56. The fourth-order valence-electron chi connectivity index (χ4n) is 3.56. The van der Waals surface area contributed by atoms with E-state index < -0.39 is 54.5 Å². The maximum absolute atomic E-state index is 13.1. The van der Waals surface area contributed by atoms with Gasteiger partial charge in [-0.25, -0.2) is 9.78 Å². The van der Waals surface area contributed by atoms with Gasteiger partial charge >= 0.3 is 5.97 Å². The van der Waals surface area contributed by atoms with Crippen molar-refractivity contribution in [1.82, 2.24) is 25.9 Å². The molecule has 0 fully saturated rings. The molecule has 12 N–H and O–H groups in total. The fraction of sp³-hybridized carbons (Fsp3) is 0.417. The minimum Gasteiger partial charge on any atom is -0.480 e. The van der Waals surface area contributed by atoms with E-state index in [9.17, 15) is 29.4 Å². The van der Waals surface area contributed by atoms with Crippen LogP contribution in [0.1, 0.15) is 24.1 Å². The van der Waals surface area contributed by atoms with Gasteiger partial charge in [-0.05, 0) is 18.4 Å². The van der Waals surface area contributed by atoms with Gasteiger partial charge in [-0.15, -0.1) is 0 Å². The van der Waals surface area contributed by atoms with Crippen molar-refractivity contribution in [3.63, 3.8) is 0 Å². The molecule has 15 heteroatoms. The van der Waals surface area contributed by atoms with E-state index in [1.165, 1.54) is 12.5 Å². The highest BCUT2D eigenvalue weighted by atomic mass is 16.4. The summed E-state index contributed by atoms with van der Waals surface area (Å²) in [6.07, 6.45) is 3.38. The predicted molar refractivity (Wildman–Crippen MR) is 141 cm³/mol. The molecule has 39 heavy (non-hydrogen) atoms. The van der Waals surface area contributed by atoms with E-state index in [-0.39, 0.29) is 38.2 Å². The van der Waals surface area contributed by atoms with E-state index >= 15 is 0 Å². The molecule has 2 rings (SSSR count). The molecule has 0 aliphatic carbocycles. The van der Waals surface area contributed by atoms with Crippen LogP contribution in [-0.4, -0.2) is 87.2 Å². The maximum Gasteiger partial charge on any atom is 0.326 e. The lowest BCUT2D eigenvalue weighted by molar-refractivity contribution is -0.142. The standard InChI is InChI=1S/C24H35N9O6/c25-16(10-15-11-28-13-30-15)20(35)33-19(12-34)22(37)32-18(9-14-5-2-1-3-6-14)21(36)31-17(23(38)39)7-4-8-29-24(26)27/h1-3,5-6,11,13,16-19,34H,4,7-10,12,25H2,(H,28,30)(H,31,36)(H,32,37)(H,33,35)(H,38,39)(H4,26,27,29). The number of rotatable bonds is 16. The summed E-state index contributed by atoms with van der Waals surface area (Å²) < 4.78 is 0. The zero-order chi connectivity index (χ0) is 28.8. The van der Waals surface area contributed by atoms with Gasteiger partial charge < -0.3 is 48.3 Å². The number of aromatic amines is 1. The minimum absolute atomic E-state index is 0.0180. The number of aliphatic hydroxyl groups excluding tert-OH is 1. The number of carboxylic acids is 1. The number of amides is 3. The second-order valence-electron chi connectivity index (χ2n) is 8.73. The Morgan fingerprint density at radius 2 is 1.59 bits per heavy atom. The number of nitrogens with two attached hydrogens (primary N) is 3. The summed E-state index contributed by atoms with van der Waals surface area (Å²) in [5.74, 6) is -3.72. The summed E-state index contributed by atoms with van der Waals surface area (Å²) in [6, 6.07) is 3.79. The van der Waals surface area contributed by atoms with Crippen LogP contribution in [0.5, 0.6) is 0 Å². The molecule has 0 spiro atoms. The van der Waals surface area contributed by atoms with Gasteiger partial charge in [0.1, 0.15) is 18.1 Å². The number of aliphatic carboxylic acids is 1. The van der Waals surface area contributed by atoms with E-state index in [1.807, 2.05) is 0 Å². The van der Waals surface area contributed by atoms with Gasteiger partial charge in [0.15, 0.2) is 5.96 Å². The van der Waals surface area contributed by atoms with Crippen molar-refractivity contribution in [2.75, 3.05) is 13.2 Å². The third-order valence-corrected chi connectivity index (χ3v) is 5.62. The van der Waals surface area contributed by atoms with Gasteiger partial charge in [0, 0.05) is 31.3 Å². The molecular formula is C24H35N9O6. The Morgan fingerprint density at radius 3 is 2.18 bits per heavy atom. The first-order valence-electron chi connectivity index (χ1n) is 12.2. The van der Waals surface area contributed by atoms with Crippen LogP contribution in [0.15, 0.2) is 47.8 Å². The van der Waals surface area contributed by atoms with Crippen molar-refractivity contribution in [1.29, 1.82) is 0 Å². The number of carboxylic acid groups (broad SMARTS) is 1.